The first-order valence-corrected chi connectivity index (χ1v) is 7.97. The van der Waals surface area contributed by atoms with Crippen molar-refractivity contribution in [2.45, 2.75) is 38.5 Å². The Balaban J connectivity index is 1.87. The lowest BCUT2D eigenvalue weighted by molar-refractivity contribution is 0.434. The number of hydrogen-bond acceptors (Lipinski definition) is 2. The molecule has 20 heavy (non-hydrogen) atoms. The van der Waals surface area contributed by atoms with Crippen LogP contribution in [-0.4, -0.2) is 37.4 Å². The molecule has 3 nitrogen and oxygen atoms in total. The molecule has 2 aliphatic rings. The highest BCUT2D eigenvalue weighted by Crippen LogP contribution is 2.31. The second-order valence-electron chi connectivity index (χ2n) is 5.94. The maximum absolute atomic E-state index is 4.98. The van der Waals surface area contributed by atoms with Crippen molar-refractivity contribution in [2.75, 3.05) is 31.6 Å². The summed E-state index contributed by atoms with van der Waals surface area (Å²) in [6.45, 7) is 3.50. The van der Waals surface area contributed by atoms with Crippen molar-refractivity contribution in [1.82, 2.24) is 4.90 Å². The molecule has 0 bridgehead atoms. The highest BCUT2D eigenvalue weighted by Gasteiger charge is 2.16. The third-order valence-electron chi connectivity index (χ3n) is 4.41. The minimum absolute atomic E-state index is 1.12. The number of benzene rings is 1. The second kappa shape index (κ2) is 6.29. The van der Waals surface area contributed by atoms with E-state index in [0.717, 1.165) is 18.7 Å². The summed E-state index contributed by atoms with van der Waals surface area (Å²) in [6, 6.07) is 8.64. The molecule has 2 heterocycles. The first-order chi connectivity index (χ1) is 9.84. The predicted octanol–water partition coefficient (Wildman–Crippen LogP) is 3.82. The fourth-order valence-electron chi connectivity index (χ4n) is 3.19. The fourth-order valence-corrected chi connectivity index (χ4v) is 3.19. The van der Waals surface area contributed by atoms with E-state index in [9.17, 15) is 0 Å². The maximum Gasteiger partial charge on any atom is 0.105 e. The van der Waals surface area contributed by atoms with Crippen LogP contribution in [0, 0.1) is 0 Å². The van der Waals surface area contributed by atoms with Gasteiger partial charge in [-0.05, 0) is 44.2 Å². The van der Waals surface area contributed by atoms with Crippen molar-refractivity contribution in [3.05, 3.63) is 24.3 Å². The van der Waals surface area contributed by atoms with Crippen molar-refractivity contribution < 1.29 is 0 Å². The molecule has 1 aromatic carbocycles. The molecule has 0 N–H and O–H groups in total. The first-order valence-electron chi connectivity index (χ1n) is 7.97. The topological polar surface area (TPSA) is 18.8 Å². The zero-order valence-electron chi connectivity index (χ0n) is 12.5. The van der Waals surface area contributed by atoms with Crippen molar-refractivity contribution in [3.63, 3.8) is 0 Å². The van der Waals surface area contributed by atoms with Crippen LogP contribution in [0.1, 0.15) is 38.5 Å². The van der Waals surface area contributed by atoms with E-state index in [1.54, 1.807) is 0 Å². The van der Waals surface area contributed by atoms with Crippen molar-refractivity contribution in [2.24, 2.45) is 4.99 Å². The lowest BCUT2D eigenvalue weighted by Crippen LogP contribution is -2.32. The van der Waals surface area contributed by atoms with Crippen LogP contribution in [0.4, 0.5) is 11.4 Å². The van der Waals surface area contributed by atoms with Gasteiger partial charge in [0.2, 0.25) is 0 Å². The molecule has 2 aliphatic heterocycles. The van der Waals surface area contributed by atoms with Crippen molar-refractivity contribution in [3.8, 4) is 0 Å². The Bertz CT molecular complexity index is 475. The van der Waals surface area contributed by atoms with Gasteiger partial charge in [-0.15, -0.1) is 0 Å². The summed E-state index contributed by atoms with van der Waals surface area (Å²) >= 11 is 0. The van der Waals surface area contributed by atoms with E-state index in [0.29, 0.717) is 0 Å². The average molecular weight is 271 g/mol. The number of para-hydroxylation sites is 2. The van der Waals surface area contributed by atoms with Crippen LogP contribution >= 0.6 is 0 Å². The number of anilines is 1. The lowest BCUT2D eigenvalue weighted by atomic mass is 10.1. The van der Waals surface area contributed by atoms with Gasteiger partial charge in [-0.2, -0.15) is 0 Å². The Morgan fingerprint density at radius 2 is 1.65 bits per heavy atom. The van der Waals surface area contributed by atoms with Gasteiger partial charge in [0.1, 0.15) is 5.84 Å². The Morgan fingerprint density at radius 1 is 0.900 bits per heavy atom. The van der Waals surface area contributed by atoms with Crippen LogP contribution in [-0.2, 0) is 0 Å². The fraction of sp³-hybridized carbons (Fsp3) is 0.588. The van der Waals surface area contributed by atoms with Gasteiger partial charge in [0.05, 0.1) is 11.4 Å². The summed E-state index contributed by atoms with van der Waals surface area (Å²) < 4.78 is 0. The summed E-state index contributed by atoms with van der Waals surface area (Å²) in [7, 11) is 2.17. The number of nitrogens with zero attached hydrogens (tertiary/aromatic N) is 3. The van der Waals surface area contributed by atoms with Crippen LogP contribution in [0.2, 0.25) is 0 Å². The van der Waals surface area contributed by atoms with Gasteiger partial charge in [0, 0.05) is 33.1 Å². The largest absolute Gasteiger partial charge is 0.370 e. The number of hydrogen-bond donors (Lipinski definition) is 0. The van der Waals surface area contributed by atoms with E-state index in [-0.39, 0.29) is 0 Å². The standard InChI is InChI=1S/C17H25N3/c1-19-12-8-5-11-17(19)18-15-9-3-4-10-16(15)20-13-6-2-7-14-20/h3-4,9-10H,2,5-8,11-14H2,1H3/b18-17+. The molecule has 108 valence electrons. The molecule has 0 aliphatic carbocycles. The summed E-state index contributed by atoms with van der Waals surface area (Å²) in [4.78, 5) is 9.80. The highest BCUT2D eigenvalue weighted by atomic mass is 15.2. The van der Waals surface area contributed by atoms with Gasteiger partial charge in [-0.25, -0.2) is 4.99 Å². The van der Waals surface area contributed by atoms with E-state index in [2.05, 4.69) is 41.1 Å². The quantitative estimate of drug-likeness (QED) is 0.814. The van der Waals surface area contributed by atoms with Gasteiger partial charge < -0.3 is 9.80 Å². The van der Waals surface area contributed by atoms with Gasteiger partial charge >= 0.3 is 0 Å². The molecule has 0 unspecified atom stereocenters. The van der Waals surface area contributed by atoms with Gasteiger partial charge in [0.25, 0.3) is 0 Å². The van der Waals surface area contributed by atoms with Crippen LogP contribution in [0.25, 0.3) is 0 Å². The van der Waals surface area contributed by atoms with Gasteiger partial charge in [0.15, 0.2) is 0 Å². The Morgan fingerprint density at radius 3 is 2.45 bits per heavy atom. The SMILES string of the molecule is CN1CCCC/C1=N\c1ccccc1N1CCCCC1. The lowest BCUT2D eigenvalue weighted by Gasteiger charge is -2.31. The molecule has 0 aromatic heterocycles. The monoisotopic (exact) mass is 271 g/mol. The zero-order valence-corrected chi connectivity index (χ0v) is 12.5. The molecule has 3 rings (SSSR count). The van der Waals surface area contributed by atoms with Gasteiger partial charge in [-0.3, -0.25) is 0 Å². The number of rotatable bonds is 2. The van der Waals surface area contributed by atoms with E-state index < -0.39 is 0 Å². The normalized spacial score (nSPS) is 22.4. The highest BCUT2D eigenvalue weighted by molar-refractivity contribution is 5.87. The molecule has 0 saturated carbocycles. The Hall–Kier alpha value is -1.51. The van der Waals surface area contributed by atoms with Gasteiger partial charge in [-0.1, -0.05) is 12.1 Å². The van der Waals surface area contributed by atoms with E-state index >= 15 is 0 Å². The molecule has 0 radical (unpaired) electrons. The summed E-state index contributed by atoms with van der Waals surface area (Å²) in [5.41, 5.74) is 2.47. The third kappa shape index (κ3) is 2.97. The van der Waals surface area contributed by atoms with Crippen LogP contribution < -0.4 is 4.90 Å². The molecule has 3 heteroatoms. The summed E-state index contributed by atoms with van der Waals surface area (Å²) in [5, 5.41) is 0. The smallest absolute Gasteiger partial charge is 0.105 e. The van der Waals surface area contributed by atoms with Crippen LogP contribution in [0.15, 0.2) is 29.3 Å². The predicted molar refractivity (Wildman–Crippen MR) is 86.1 cm³/mol. The van der Waals surface area contributed by atoms with Crippen LogP contribution in [0.3, 0.4) is 0 Å². The van der Waals surface area contributed by atoms with Crippen molar-refractivity contribution in [1.29, 1.82) is 0 Å². The number of piperidine rings is 2. The minimum Gasteiger partial charge on any atom is -0.370 e. The average Bonchev–Trinajstić information content (AvgIpc) is 2.51. The minimum atomic E-state index is 1.12. The molecular weight excluding hydrogens is 246 g/mol. The molecule has 1 aromatic rings. The second-order valence-corrected chi connectivity index (χ2v) is 5.94. The van der Waals surface area contributed by atoms with Crippen molar-refractivity contribution >= 4 is 17.2 Å². The third-order valence-corrected chi connectivity index (χ3v) is 4.41. The maximum atomic E-state index is 4.98. The molecular formula is C17H25N3. The number of likely N-dealkylation sites (tertiary alicyclic amines) is 1. The Labute approximate surface area is 122 Å². The number of amidine groups is 1. The van der Waals surface area contributed by atoms with E-state index in [1.807, 2.05) is 0 Å². The van der Waals surface area contributed by atoms with E-state index in [4.69, 9.17) is 4.99 Å². The van der Waals surface area contributed by atoms with Crippen LogP contribution in [0.5, 0.6) is 0 Å². The summed E-state index contributed by atoms with van der Waals surface area (Å²) in [5.74, 6) is 1.25. The molecule has 0 amide bonds. The molecule has 0 atom stereocenters. The van der Waals surface area contributed by atoms with E-state index in [1.165, 1.54) is 56.7 Å². The molecule has 2 saturated heterocycles. The number of aliphatic imine (C=N–C) groups is 1. The molecule has 0 spiro atoms. The Kier molecular flexibility index (Phi) is 4.24. The zero-order chi connectivity index (χ0) is 13.8. The first kappa shape index (κ1) is 13.5. The molecule has 2 fully saturated rings. The summed E-state index contributed by atoms with van der Waals surface area (Å²) in [6.07, 6.45) is 7.68.